The van der Waals surface area contributed by atoms with E-state index in [2.05, 4.69) is 0 Å². The standard InChI is InChI=1S/C15H19NO3S/c1-12-4-2-3-5-13(12)10-20(19)11-15(18)16-8-6-14(17)7-9-16/h2-5H,6-11H2,1H3. The second-order valence-corrected chi connectivity index (χ2v) is 6.53. The summed E-state index contributed by atoms with van der Waals surface area (Å²) >= 11 is 0. The van der Waals surface area contributed by atoms with Crippen molar-refractivity contribution >= 4 is 22.5 Å². The predicted octanol–water partition coefficient (Wildman–Crippen LogP) is 1.44. The summed E-state index contributed by atoms with van der Waals surface area (Å²) in [5.41, 5.74) is 2.12. The van der Waals surface area contributed by atoms with Crippen molar-refractivity contribution in [3.63, 3.8) is 0 Å². The zero-order valence-corrected chi connectivity index (χ0v) is 12.4. The van der Waals surface area contributed by atoms with Gasteiger partial charge in [-0.1, -0.05) is 24.3 Å². The topological polar surface area (TPSA) is 54.5 Å². The number of nitrogens with zero attached hydrogens (tertiary/aromatic N) is 1. The van der Waals surface area contributed by atoms with E-state index in [0.29, 0.717) is 31.7 Å². The van der Waals surface area contributed by atoms with E-state index in [1.54, 1.807) is 4.90 Å². The SMILES string of the molecule is Cc1ccccc1CS(=O)CC(=O)N1CCC(=O)CC1. The molecule has 1 fully saturated rings. The lowest BCUT2D eigenvalue weighted by Crippen LogP contribution is -2.40. The summed E-state index contributed by atoms with van der Waals surface area (Å²) in [6.45, 7) is 2.92. The van der Waals surface area contributed by atoms with E-state index in [0.717, 1.165) is 11.1 Å². The molecule has 4 nitrogen and oxygen atoms in total. The van der Waals surface area contributed by atoms with Crippen molar-refractivity contribution in [1.29, 1.82) is 0 Å². The van der Waals surface area contributed by atoms with Crippen LogP contribution in [0.15, 0.2) is 24.3 Å². The molecule has 1 aromatic rings. The van der Waals surface area contributed by atoms with E-state index < -0.39 is 10.8 Å². The molecule has 1 aliphatic heterocycles. The number of Topliss-reactive ketones (excluding diaryl/α,β-unsaturated/α-hetero) is 1. The summed E-state index contributed by atoms with van der Waals surface area (Å²) in [7, 11) is -1.20. The first kappa shape index (κ1) is 14.9. The second-order valence-electron chi connectivity index (χ2n) is 5.07. The summed E-state index contributed by atoms with van der Waals surface area (Å²) in [6.07, 6.45) is 0.854. The molecule has 108 valence electrons. The fraction of sp³-hybridized carbons (Fsp3) is 0.467. The van der Waals surface area contributed by atoms with Gasteiger partial charge in [-0.3, -0.25) is 13.8 Å². The largest absolute Gasteiger partial charge is 0.341 e. The minimum absolute atomic E-state index is 0.0442. The smallest absolute Gasteiger partial charge is 0.235 e. The van der Waals surface area contributed by atoms with Gasteiger partial charge in [0, 0.05) is 42.5 Å². The Kier molecular flexibility index (Phi) is 5.06. The Morgan fingerprint density at radius 2 is 1.90 bits per heavy atom. The van der Waals surface area contributed by atoms with Gasteiger partial charge in [0.1, 0.15) is 11.5 Å². The number of likely N-dealkylation sites (tertiary alicyclic amines) is 1. The summed E-state index contributed by atoms with van der Waals surface area (Å²) in [5.74, 6) is 0.549. The van der Waals surface area contributed by atoms with Gasteiger partial charge in [-0.05, 0) is 18.1 Å². The van der Waals surface area contributed by atoms with Crippen molar-refractivity contribution in [1.82, 2.24) is 4.90 Å². The van der Waals surface area contributed by atoms with E-state index in [-0.39, 0.29) is 17.4 Å². The molecule has 1 saturated heterocycles. The second kappa shape index (κ2) is 6.79. The van der Waals surface area contributed by atoms with E-state index >= 15 is 0 Å². The molecule has 0 N–H and O–H groups in total. The summed E-state index contributed by atoms with van der Waals surface area (Å²) in [6, 6.07) is 7.77. The van der Waals surface area contributed by atoms with Crippen LogP contribution in [0.25, 0.3) is 0 Å². The van der Waals surface area contributed by atoms with Crippen molar-refractivity contribution in [2.24, 2.45) is 0 Å². The maximum Gasteiger partial charge on any atom is 0.235 e. The van der Waals surface area contributed by atoms with Gasteiger partial charge in [-0.2, -0.15) is 0 Å². The van der Waals surface area contributed by atoms with Crippen LogP contribution < -0.4 is 0 Å². The molecular weight excluding hydrogens is 274 g/mol. The number of benzene rings is 1. The highest BCUT2D eigenvalue weighted by molar-refractivity contribution is 7.84. The van der Waals surface area contributed by atoms with Crippen LogP contribution in [0.1, 0.15) is 24.0 Å². The maximum atomic E-state index is 12.1. The Balaban J connectivity index is 1.87. The lowest BCUT2D eigenvalue weighted by atomic mass is 10.1. The number of rotatable bonds is 4. The summed E-state index contributed by atoms with van der Waals surface area (Å²) < 4.78 is 12.1. The molecule has 1 heterocycles. The molecule has 1 amide bonds. The summed E-state index contributed by atoms with van der Waals surface area (Å²) in [4.78, 5) is 24.8. The van der Waals surface area contributed by atoms with Crippen LogP contribution in [-0.4, -0.2) is 39.6 Å². The number of ketones is 1. The lowest BCUT2D eigenvalue weighted by molar-refractivity contribution is -0.132. The molecule has 0 saturated carbocycles. The van der Waals surface area contributed by atoms with E-state index in [4.69, 9.17) is 0 Å². The Labute approximate surface area is 121 Å². The molecule has 1 aliphatic rings. The molecule has 20 heavy (non-hydrogen) atoms. The van der Waals surface area contributed by atoms with Gasteiger partial charge in [0.25, 0.3) is 0 Å². The Bertz CT molecular complexity index is 532. The molecule has 0 aromatic heterocycles. The minimum atomic E-state index is -1.20. The maximum absolute atomic E-state index is 12.1. The van der Waals surface area contributed by atoms with Gasteiger partial charge in [0.2, 0.25) is 5.91 Å². The average Bonchev–Trinajstić information content (AvgIpc) is 2.42. The lowest BCUT2D eigenvalue weighted by Gasteiger charge is -2.25. The Hall–Kier alpha value is -1.49. The number of hydrogen-bond donors (Lipinski definition) is 0. The Morgan fingerprint density at radius 1 is 1.25 bits per heavy atom. The molecule has 0 bridgehead atoms. The molecule has 0 spiro atoms. The number of hydrogen-bond acceptors (Lipinski definition) is 3. The third kappa shape index (κ3) is 4.00. The first-order valence-electron chi connectivity index (χ1n) is 6.75. The number of amides is 1. The van der Waals surface area contributed by atoms with Crippen LogP contribution >= 0.6 is 0 Å². The third-order valence-corrected chi connectivity index (χ3v) is 4.74. The zero-order valence-electron chi connectivity index (χ0n) is 11.6. The van der Waals surface area contributed by atoms with Crippen molar-refractivity contribution < 1.29 is 13.8 Å². The van der Waals surface area contributed by atoms with Crippen LogP contribution in [0.2, 0.25) is 0 Å². The van der Waals surface area contributed by atoms with Crippen LogP contribution in [0, 0.1) is 6.92 Å². The van der Waals surface area contributed by atoms with E-state index in [1.165, 1.54) is 0 Å². The van der Waals surface area contributed by atoms with Gasteiger partial charge >= 0.3 is 0 Å². The molecule has 1 aromatic carbocycles. The van der Waals surface area contributed by atoms with E-state index in [1.807, 2.05) is 31.2 Å². The highest BCUT2D eigenvalue weighted by atomic mass is 32.2. The van der Waals surface area contributed by atoms with Crippen LogP contribution in [0.5, 0.6) is 0 Å². The zero-order chi connectivity index (χ0) is 14.5. The van der Waals surface area contributed by atoms with Crippen LogP contribution in [0.3, 0.4) is 0 Å². The van der Waals surface area contributed by atoms with Gasteiger partial charge in [-0.25, -0.2) is 0 Å². The van der Waals surface area contributed by atoms with Crippen molar-refractivity contribution in [3.05, 3.63) is 35.4 Å². The average molecular weight is 293 g/mol. The molecule has 1 unspecified atom stereocenters. The molecule has 2 rings (SSSR count). The molecule has 0 radical (unpaired) electrons. The highest BCUT2D eigenvalue weighted by Crippen LogP contribution is 2.11. The summed E-state index contributed by atoms with van der Waals surface area (Å²) in [5, 5.41) is 0. The number of carbonyl (C=O) groups is 2. The first-order valence-corrected chi connectivity index (χ1v) is 8.24. The van der Waals surface area contributed by atoms with Crippen molar-refractivity contribution in [2.75, 3.05) is 18.8 Å². The molecule has 5 heteroatoms. The predicted molar refractivity (Wildman–Crippen MR) is 78.7 cm³/mol. The number of carbonyl (C=O) groups excluding carboxylic acids is 2. The van der Waals surface area contributed by atoms with Gasteiger partial charge < -0.3 is 4.90 Å². The van der Waals surface area contributed by atoms with Crippen molar-refractivity contribution in [3.8, 4) is 0 Å². The fourth-order valence-corrected chi connectivity index (χ4v) is 3.46. The van der Waals surface area contributed by atoms with Crippen molar-refractivity contribution in [2.45, 2.75) is 25.5 Å². The highest BCUT2D eigenvalue weighted by Gasteiger charge is 2.22. The minimum Gasteiger partial charge on any atom is -0.341 e. The number of piperidine rings is 1. The first-order chi connectivity index (χ1) is 9.56. The number of aryl methyl sites for hydroxylation is 1. The van der Waals surface area contributed by atoms with Gasteiger partial charge in [-0.15, -0.1) is 0 Å². The third-order valence-electron chi connectivity index (χ3n) is 3.54. The van der Waals surface area contributed by atoms with Gasteiger partial charge in [0.05, 0.1) is 0 Å². The molecule has 1 atom stereocenters. The van der Waals surface area contributed by atoms with Gasteiger partial charge in [0.15, 0.2) is 0 Å². The van der Waals surface area contributed by atoms with Crippen LogP contribution in [0.4, 0.5) is 0 Å². The molecule has 0 aliphatic carbocycles. The van der Waals surface area contributed by atoms with E-state index in [9.17, 15) is 13.8 Å². The van der Waals surface area contributed by atoms with Crippen LogP contribution in [-0.2, 0) is 26.1 Å². The monoisotopic (exact) mass is 293 g/mol. The fourth-order valence-electron chi connectivity index (χ4n) is 2.23. The normalized spacial score (nSPS) is 17.1. The Morgan fingerprint density at radius 3 is 2.55 bits per heavy atom. The quantitative estimate of drug-likeness (QED) is 0.844. The molecular formula is C15H19NO3S.